The van der Waals surface area contributed by atoms with Crippen molar-refractivity contribution >= 4 is 24.0 Å². The molecule has 2 rings (SSSR count). The Hall–Kier alpha value is -0.320. The number of rotatable bonds is 6. The van der Waals surface area contributed by atoms with Crippen molar-refractivity contribution in [3.05, 3.63) is 34.9 Å². The summed E-state index contributed by atoms with van der Waals surface area (Å²) in [7, 11) is 3.95. The Morgan fingerprint density at radius 1 is 1.38 bits per heavy atom. The van der Waals surface area contributed by atoms with Crippen LogP contribution in [0.1, 0.15) is 24.4 Å². The zero-order valence-electron chi connectivity index (χ0n) is 12.8. The molecule has 2 unspecified atom stereocenters. The molecule has 2 atom stereocenters. The minimum atomic E-state index is 0. The van der Waals surface area contributed by atoms with Crippen LogP contribution in [0.15, 0.2) is 24.3 Å². The standard InChI is InChI=1S/C16H25ClN2O.ClH/c1-19(11-13-4-3-9-18-10-13)16(12-20-2)14-5-7-15(17)8-6-14;/h5-8,13,16,18H,3-4,9-12H2,1-2H3;1H. The Bertz CT molecular complexity index is 394. The molecule has 0 bridgehead atoms. The van der Waals surface area contributed by atoms with Crippen molar-refractivity contribution in [2.75, 3.05) is 40.4 Å². The first-order valence-electron chi connectivity index (χ1n) is 7.36. The lowest BCUT2D eigenvalue weighted by Gasteiger charge is -2.33. The van der Waals surface area contributed by atoms with Gasteiger partial charge in [0.15, 0.2) is 0 Å². The number of halogens is 2. The van der Waals surface area contributed by atoms with Crippen LogP contribution in [-0.4, -0.2) is 45.3 Å². The van der Waals surface area contributed by atoms with Gasteiger partial charge < -0.3 is 10.1 Å². The molecule has 3 nitrogen and oxygen atoms in total. The molecule has 1 saturated heterocycles. The quantitative estimate of drug-likeness (QED) is 0.864. The van der Waals surface area contributed by atoms with E-state index in [-0.39, 0.29) is 12.4 Å². The van der Waals surface area contributed by atoms with E-state index >= 15 is 0 Å². The monoisotopic (exact) mass is 332 g/mol. The average molecular weight is 333 g/mol. The molecule has 1 aromatic carbocycles. The molecule has 0 aliphatic carbocycles. The minimum absolute atomic E-state index is 0. The fraction of sp³-hybridized carbons (Fsp3) is 0.625. The van der Waals surface area contributed by atoms with Gasteiger partial charge in [-0.2, -0.15) is 0 Å². The summed E-state index contributed by atoms with van der Waals surface area (Å²) in [5, 5.41) is 4.26. The van der Waals surface area contributed by atoms with Crippen LogP contribution in [0, 0.1) is 5.92 Å². The molecule has 1 N–H and O–H groups in total. The number of nitrogens with zero attached hydrogens (tertiary/aromatic N) is 1. The number of methoxy groups -OCH3 is 1. The van der Waals surface area contributed by atoms with Gasteiger partial charge in [-0.25, -0.2) is 0 Å². The van der Waals surface area contributed by atoms with Gasteiger partial charge in [0, 0.05) is 18.7 Å². The van der Waals surface area contributed by atoms with Gasteiger partial charge in [0.25, 0.3) is 0 Å². The Kier molecular flexibility index (Phi) is 8.60. The van der Waals surface area contributed by atoms with Crippen molar-refractivity contribution in [2.24, 2.45) is 5.92 Å². The highest BCUT2D eigenvalue weighted by Gasteiger charge is 2.21. The molecule has 1 heterocycles. The molecule has 1 aliphatic heterocycles. The normalized spacial score (nSPS) is 20.1. The zero-order valence-corrected chi connectivity index (χ0v) is 14.4. The molecule has 0 spiro atoms. The van der Waals surface area contributed by atoms with Gasteiger partial charge in [-0.3, -0.25) is 4.90 Å². The third-order valence-corrected chi connectivity index (χ3v) is 4.31. The first-order chi connectivity index (χ1) is 9.70. The Balaban J connectivity index is 0.00000220. The molecule has 120 valence electrons. The second-order valence-electron chi connectivity index (χ2n) is 5.67. The van der Waals surface area contributed by atoms with E-state index in [4.69, 9.17) is 16.3 Å². The SMILES string of the molecule is COCC(c1ccc(Cl)cc1)N(C)CC1CCCNC1.Cl. The first kappa shape index (κ1) is 18.7. The zero-order chi connectivity index (χ0) is 14.4. The number of nitrogens with one attached hydrogen (secondary N) is 1. The molecular formula is C16H26Cl2N2O. The molecule has 0 saturated carbocycles. The van der Waals surface area contributed by atoms with Gasteiger partial charge in [-0.1, -0.05) is 23.7 Å². The highest BCUT2D eigenvalue weighted by atomic mass is 35.5. The third-order valence-electron chi connectivity index (χ3n) is 4.06. The van der Waals surface area contributed by atoms with Crippen molar-refractivity contribution in [3.63, 3.8) is 0 Å². The van der Waals surface area contributed by atoms with Crippen LogP contribution in [0.2, 0.25) is 5.02 Å². The van der Waals surface area contributed by atoms with Gasteiger partial charge in [0.1, 0.15) is 0 Å². The number of hydrogen-bond donors (Lipinski definition) is 1. The highest BCUT2D eigenvalue weighted by Crippen LogP contribution is 2.24. The van der Waals surface area contributed by atoms with Crippen LogP contribution < -0.4 is 5.32 Å². The maximum Gasteiger partial charge on any atom is 0.0659 e. The van der Waals surface area contributed by atoms with Crippen molar-refractivity contribution in [1.82, 2.24) is 10.2 Å². The molecule has 1 aliphatic rings. The topological polar surface area (TPSA) is 24.5 Å². The number of likely N-dealkylation sites (N-methyl/N-ethyl adjacent to an activating group) is 1. The minimum Gasteiger partial charge on any atom is -0.383 e. The summed E-state index contributed by atoms with van der Waals surface area (Å²) in [6.07, 6.45) is 2.60. The number of hydrogen-bond acceptors (Lipinski definition) is 3. The summed E-state index contributed by atoms with van der Waals surface area (Å²) in [6.45, 7) is 4.10. The number of piperidine rings is 1. The lowest BCUT2D eigenvalue weighted by molar-refractivity contribution is 0.0926. The van der Waals surface area contributed by atoms with Crippen LogP contribution >= 0.6 is 24.0 Å². The largest absolute Gasteiger partial charge is 0.383 e. The fourth-order valence-corrected chi connectivity index (χ4v) is 3.06. The van der Waals surface area contributed by atoms with Crippen LogP contribution in [-0.2, 0) is 4.74 Å². The summed E-state index contributed by atoms with van der Waals surface area (Å²) < 4.78 is 5.41. The van der Waals surface area contributed by atoms with E-state index in [1.54, 1.807) is 7.11 Å². The van der Waals surface area contributed by atoms with Gasteiger partial charge >= 0.3 is 0 Å². The molecule has 5 heteroatoms. The first-order valence-corrected chi connectivity index (χ1v) is 7.74. The van der Waals surface area contributed by atoms with Crippen molar-refractivity contribution in [1.29, 1.82) is 0 Å². The Morgan fingerprint density at radius 3 is 2.67 bits per heavy atom. The van der Waals surface area contributed by atoms with Gasteiger partial charge in [-0.15, -0.1) is 12.4 Å². The van der Waals surface area contributed by atoms with Gasteiger partial charge in [0.2, 0.25) is 0 Å². The van der Waals surface area contributed by atoms with E-state index in [1.807, 2.05) is 12.1 Å². The highest BCUT2D eigenvalue weighted by molar-refractivity contribution is 6.30. The second kappa shape index (κ2) is 9.65. The lowest BCUT2D eigenvalue weighted by atomic mass is 9.97. The summed E-state index contributed by atoms with van der Waals surface area (Å²) >= 11 is 5.98. The fourth-order valence-electron chi connectivity index (χ4n) is 2.94. The molecule has 21 heavy (non-hydrogen) atoms. The summed E-state index contributed by atoms with van der Waals surface area (Å²) in [6, 6.07) is 8.40. The van der Waals surface area contributed by atoms with E-state index in [1.165, 1.54) is 24.9 Å². The lowest BCUT2D eigenvalue weighted by Crippen LogP contribution is -2.39. The number of ether oxygens (including phenoxy) is 1. The molecule has 0 amide bonds. The molecule has 0 aromatic heterocycles. The number of benzene rings is 1. The van der Waals surface area contributed by atoms with E-state index in [9.17, 15) is 0 Å². The molecule has 1 aromatic rings. The van der Waals surface area contributed by atoms with Crippen LogP contribution in [0.25, 0.3) is 0 Å². The van der Waals surface area contributed by atoms with E-state index in [0.29, 0.717) is 12.6 Å². The van der Waals surface area contributed by atoms with Crippen LogP contribution in [0.4, 0.5) is 0 Å². The predicted octanol–water partition coefficient (Wildman–Crippen LogP) is 3.38. The molecule has 0 radical (unpaired) electrons. The maximum absolute atomic E-state index is 5.98. The second-order valence-corrected chi connectivity index (χ2v) is 6.11. The van der Waals surface area contributed by atoms with E-state index in [0.717, 1.165) is 24.0 Å². The van der Waals surface area contributed by atoms with Gasteiger partial charge in [0.05, 0.1) is 12.6 Å². The van der Waals surface area contributed by atoms with Crippen LogP contribution in [0.5, 0.6) is 0 Å². The molecular weight excluding hydrogens is 307 g/mol. The van der Waals surface area contributed by atoms with Crippen molar-refractivity contribution in [2.45, 2.75) is 18.9 Å². The maximum atomic E-state index is 5.98. The summed E-state index contributed by atoms with van der Waals surface area (Å²) in [4.78, 5) is 2.41. The van der Waals surface area contributed by atoms with E-state index < -0.39 is 0 Å². The molecule has 1 fully saturated rings. The van der Waals surface area contributed by atoms with Crippen LogP contribution in [0.3, 0.4) is 0 Å². The Morgan fingerprint density at radius 2 is 2.10 bits per heavy atom. The van der Waals surface area contributed by atoms with Gasteiger partial charge in [-0.05, 0) is 56.6 Å². The Labute approximate surface area is 139 Å². The summed E-state index contributed by atoms with van der Waals surface area (Å²) in [5.74, 6) is 0.736. The van der Waals surface area contributed by atoms with Crippen molar-refractivity contribution in [3.8, 4) is 0 Å². The smallest absolute Gasteiger partial charge is 0.0659 e. The van der Waals surface area contributed by atoms with E-state index in [2.05, 4.69) is 29.4 Å². The predicted molar refractivity (Wildman–Crippen MR) is 91.5 cm³/mol. The average Bonchev–Trinajstić information content (AvgIpc) is 2.47. The third kappa shape index (κ3) is 5.76. The van der Waals surface area contributed by atoms with Crippen molar-refractivity contribution < 1.29 is 4.74 Å². The summed E-state index contributed by atoms with van der Waals surface area (Å²) in [5.41, 5.74) is 1.27.